The molecule has 0 unspecified atom stereocenters. The van der Waals surface area contributed by atoms with Crippen molar-refractivity contribution in [3.8, 4) is 0 Å². The zero-order valence-electron chi connectivity index (χ0n) is 9.96. The largest absolute Gasteiger partial charge is 0.389 e. The van der Waals surface area contributed by atoms with Gasteiger partial charge in [0.25, 0.3) is 0 Å². The van der Waals surface area contributed by atoms with Crippen molar-refractivity contribution < 1.29 is 8.42 Å². The zero-order valence-corrected chi connectivity index (χ0v) is 11.6. The van der Waals surface area contributed by atoms with E-state index in [0.29, 0.717) is 11.5 Å². The summed E-state index contributed by atoms with van der Waals surface area (Å²) in [6.45, 7) is 0.434. The van der Waals surface area contributed by atoms with E-state index < -0.39 is 9.84 Å². The number of hydrogen-bond acceptors (Lipinski definition) is 3. The molecule has 0 atom stereocenters. The van der Waals surface area contributed by atoms with Gasteiger partial charge in [-0.1, -0.05) is 24.4 Å². The van der Waals surface area contributed by atoms with E-state index in [-0.39, 0.29) is 5.75 Å². The molecule has 96 valence electrons. The summed E-state index contributed by atoms with van der Waals surface area (Å²) in [4.78, 5) is 0.341. The van der Waals surface area contributed by atoms with E-state index in [0.717, 1.165) is 16.5 Å². The van der Waals surface area contributed by atoms with Gasteiger partial charge in [0, 0.05) is 30.1 Å². The summed E-state index contributed by atoms with van der Waals surface area (Å²) in [5.74, 6) is 0.119. The van der Waals surface area contributed by atoms with Gasteiger partial charge in [0.2, 0.25) is 0 Å². The minimum absolute atomic E-state index is 0.119. The van der Waals surface area contributed by atoms with E-state index in [9.17, 15) is 8.42 Å². The van der Waals surface area contributed by atoms with Crippen LogP contribution in [0.15, 0.2) is 30.5 Å². The first kappa shape index (κ1) is 13.0. The van der Waals surface area contributed by atoms with E-state index in [1.807, 2.05) is 35.0 Å². The van der Waals surface area contributed by atoms with Crippen LogP contribution in [0.2, 0.25) is 0 Å². The summed E-state index contributed by atoms with van der Waals surface area (Å²) in [5, 5.41) is 1.04. The Balaban J connectivity index is 2.39. The maximum absolute atomic E-state index is 11.2. The minimum atomic E-state index is -2.97. The lowest BCUT2D eigenvalue weighted by Crippen LogP contribution is -2.11. The number of thiocarbonyl (C=S) groups is 1. The summed E-state index contributed by atoms with van der Waals surface area (Å²) in [7, 11) is -2.97. The second-order valence-electron chi connectivity index (χ2n) is 4.28. The molecule has 1 heterocycles. The number of nitrogens with zero attached hydrogens (tertiary/aromatic N) is 1. The van der Waals surface area contributed by atoms with Gasteiger partial charge in [-0.05, 0) is 17.5 Å². The number of rotatable bonds is 4. The van der Waals surface area contributed by atoms with Crippen molar-refractivity contribution in [2.75, 3.05) is 12.0 Å². The zero-order chi connectivity index (χ0) is 13.3. The van der Waals surface area contributed by atoms with E-state index >= 15 is 0 Å². The molecule has 0 amide bonds. The van der Waals surface area contributed by atoms with Crippen molar-refractivity contribution in [3.63, 3.8) is 0 Å². The van der Waals surface area contributed by atoms with Gasteiger partial charge in [-0.2, -0.15) is 0 Å². The average molecular weight is 282 g/mol. The smallest absolute Gasteiger partial charge is 0.149 e. The van der Waals surface area contributed by atoms with Crippen LogP contribution < -0.4 is 5.73 Å². The molecule has 0 bridgehead atoms. The fraction of sp³-hybridized carbons (Fsp3) is 0.250. The summed E-state index contributed by atoms with van der Waals surface area (Å²) in [6.07, 6.45) is 3.11. The third-order valence-corrected chi connectivity index (χ3v) is 3.92. The minimum Gasteiger partial charge on any atom is -0.389 e. The van der Waals surface area contributed by atoms with Crippen LogP contribution in [-0.2, 0) is 16.4 Å². The van der Waals surface area contributed by atoms with Crippen LogP contribution in [0.25, 0.3) is 10.9 Å². The molecule has 0 radical (unpaired) electrons. The Morgan fingerprint density at radius 3 is 2.72 bits per heavy atom. The number of fused-ring (bicyclic) bond motifs is 1. The molecule has 2 N–H and O–H groups in total. The Kier molecular flexibility index (Phi) is 3.41. The van der Waals surface area contributed by atoms with Crippen LogP contribution in [-0.4, -0.2) is 30.0 Å². The average Bonchev–Trinajstić information content (AvgIpc) is 2.67. The molecule has 0 saturated carbocycles. The Morgan fingerprint density at radius 1 is 1.39 bits per heavy atom. The lowest BCUT2D eigenvalue weighted by atomic mass is 10.1. The highest BCUT2D eigenvalue weighted by Crippen LogP contribution is 2.18. The normalized spacial score (nSPS) is 11.8. The van der Waals surface area contributed by atoms with Gasteiger partial charge in [-0.25, -0.2) is 8.42 Å². The predicted octanol–water partition coefficient (Wildman–Crippen LogP) is 1.32. The maximum atomic E-state index is 11.2. The molecular weight excluding hydrogens is 268 g/mol. The fourth-order valence-electron chi connectivity index (χ4n) is 1.80. The molecule has 2 rings (SSSR count). The van der Waals surface area contributed by atoms with E-state index in [4.69, 9.17) is 18.0 Å². The quantitative estimate of drug-likeness (QED) is 0.859. The van der Waals surface area contributed by atoms with Gasteiger partial charge in [0.15, 0.2) is 0 Å². The molecule has 18 heavy (non-hydrogen) atoms. The lowest BCUT2D eigenvalue weighted by molar-refractivity contribution is 0.596. The molecule has 0 aliphatic rings. The molecule has 0 aliphatic carbocycles. The van der Waals surface area contributed by atoms with E-state index in [1.54, 1.807) is 0 Å². The Labute approximate surface area is 111 Å². The second-order valence-corrected chi connectivity index (χ2v) is 6.98. The second kappa shape index (κ2) is 4.70. The molecule has 1 aromatic carbocycles. The molecule has 2 aromatic rings. The molecule has 1 aromatic heterocycles. The Hall–Kier alpha value is -1.40. The first-order valence-electron chi connectivity index (χ1n) is 5.43. The number of nitrogens with two attached hydrogens (primary N) is 1. The summed E-state index contributed by atoms with van der Waals surface area (Å²) in [6, 6.07) is 7.63. The van der Waals surface area contributed by atoms with E-state index in [2.05, 4.69) is 0 Å². The lowest BCUT2D eigenvalue weighted by Gasteiger charge is -2.05. The fourth-order valence-corrected chi connectivity index (χ4v) is 2.45. The topological polar surface area (TPSA) is 65.1 Å². The molecule has 0 fully saturated rings. The first-order valence-corrected chi connectivity index (χ1v) is 7.90. The number of hydrogen-bond donors (Lipinski definition) is 1. The predicted molar refractivity (Wildman–Crippen MR) is 77.5 cm³/mol. The number of aryl methyl sites for hydroxylation is 1. The molecule has 6 heteroatoms. The number of benzene rings is 1. The SMILES string of the molecule is CS(=O)(=O)CCn1ccc2ccc(C(N)=S)cc21. The maximum Gasteiger partial charge on any atom is 0.149 e. The Bertz CT molecular complexity index is 702. The monoisotopic (exact) mass is 282 g/mol. The van der Waals surface area contributed by atoms with Gasteiger partial charge in [-0.3, -0.25) is 0 Å². The highest BCUT2D eigenvalue weighted by Gasteiger charge is 2.07. The van der Waals surface area contributed by atoms with Crippen molar-refractivity contribution in [3.05, 3.63) is 36.0 Å². The van der Waals surface area contributed by atoms with Gasteiger partial charge in [0.05, 0.1) is 5.75 Å². The van der Waals surface area contributed by atoms with Crippen LogP contribution in [0, 0.1) is 0 Å². The molecule has 4 nitrogen and oxygen atoms in total. The van der Waals surface area contributed by atoms with Crippen LogP contribution in [0.1, 0.15) is 5.56 Å². The standard InChI is InChI=1S/C12H14N2O2S2/c1-18(15,16)7-6-14-5-4-9-2-3-10(12(13)17)8-11(9)14/h2-5,8H,6-7H2,1H3,(H2,13,17). The number of aromatic nitrogens is 1. The first-order chi connectivity index (χ1) is 8.37. The van der Waals surface area contributed by atoms with Crippen LogP contribution in [0.5, 0.6) is 0 Å². The van der Waals surface area contributed by atoms with Gasteiger partial charge in [-0.15, -0.1) is 0 Å². The highest BCUT2D eigenvalue weighted by atomic mass is 32.2. The molecular formula is C12H14N2O2S2. The van der Waals surface area contributed by atoms with E-state index in [1.165, 1.54) is 6.26 Å². The van der Waals surface area contributed by atoms with Crippen LogP contribution in [0.4, 0.5) is 0 Å². The van der Waals surface area contributed by atoms with Gasteiger partial charge in [0.1, 0.15) is 14.8 Å². The Morgan fingerprint density at radius 2 is 2.11 bits per heavy atom. The van der Waals surface area contributed by atoms with Crippen molar-refractivity contribution in [2.45, 2.75) is 6.54 Å². The highest BCUT2D eigenvalue weighted by molar-refractivity contribution is 7.90. The van der Waals surface area contributed by atoms with Crippen LogP contribution in [0.3, 0.4) is 0 Å². The van der Waals surface area contributed by atoms with Crippen molar-refractivity contribution in [1.82, 2.24) is 4.57 Å². The third kappa shape index (κ3) is 2.88. The molecule has 0 spiro atoms. The van der Waals surface area contributed by atoms with Crippen molar-refractivity contribution in [2.24, 2.45) is 5.73 Å². The van der Waals surface area contributed by atoms with Crippen LogP contribution >= 0.6 is 12.2 Å². The number of sulfone groups is 1. The molecule has 0 aliphatic heterocycles. The van der Waals surface area contributed by atoms with Gasteiger partial charge >= 0.3 is 0 Å². The summed E-state index contributed by atoms with van der Waals surface area (Å²) >= 11 is 4.94. The third-order valence-electron chi connectivity index (χ3n) is 2.76. The molecule has 0 saturated heterocycles. The van der Waals surface area contributed by atoms with Crippen molar-refractivity contribution in [1.29, 1.82) is 0 Å². The summed E-state index contributed by atoms with van der Waals surface area (Å²) in [5.41, 5.74) is 7.33. The van der Waals surface area contributed by atoms with Crippen molar-refractivity contribution >= 4 is 37.9 Å². The summed E-state index contributed by atoms with van der Waals surface area (Å²) < 4.78 is 24.3. The van der Waals surface area contributed by atoms with Gasteiger partial charge < -0.3 is 10.3 Å².